The van der Waals surface area contributed by atoms with Crippen LogP contribution in [0, 0.1) is 6.92 Å². The number of hydrogen-bond acceptors (Lipinski definition) is 5. The van der Waals surface area contributed by atoms with Crippen molar-refractivity contribution in [3.63, 3.8) is 0 Å². The third-order valence-electron chi connectivity index (χ3n) is 4.47. The first kappa shape index (κ1) is 18.4. The van der Waals surface area contributed by atoms with Crippen LogP contribution in [0.15, 0.2) is 70.8 Å². The van der Waals surface area contributed by atoms with Gasteiger partial charge in [0.15, 0.2) is 0 Å². The Labute approximate surface area is 166 Å². The molecule has 0 spiro atoms. The zero-order chi connectivity index (χ0) is 19.5. The molecule has 0 bridgehead atoms. The molecule has 0 aliphatic heterocycles. The fraction of sp³-hybridized carbons (Fsp3) is 0.182. The van der Waals surface area contributed by atoms with Gasteiger partial charge >= 0.3 is 0 Å². The van der Waals surface area contributed by atoms with Crippen LogP contribution in [0.25, 0.3) is 21.3 Å². The van der Waals surface area contributed by atoms with E-state index in [-0.39, 0.29) is 18.7 Å². The lowest BCUT2D eigenvalue weighted by atomic mass is 10.1. The number of aliphatic hydroxyl groups excluding tert-OH is 1. The van der Waals surface area contributed by atoms with E-state index in [4.69, 9.17) is 4.74 Å². The van der Waals surface area contributed by atoms with E-state index >= 15 is 0 Å². The SMILES string of the molecule is Cc1ccc(OCC(O)Cn2nc(-c3cccs3)c3ccccc3c2=O)cc1. The molecule has 1 unspecified atom stereocenters. The van der Waals surface area contributed by atoms with Crippen LogP contribution in [0.2, 0.25) is 0 Å². The van der Waals surface area contributed by atoms with E-state index in [0.717, 1.165) is 21.5 Å². The van der Waals surface area contributed by atoms with Gasteiger partial charge in [0.05, 0.1) is 16.8 Å². The van der Waals surface area contributed by atoms with Gasteiger partial charge in [-0.15, -0.1) is 11.3 Å². The number of hydrogen-bond donors (Lipinski definition) is 1. The van der Waals surface area contributed by atoms with Crippen LogP contribution in [-0.4, -0.2) is 27.6 Å². The van der Waals surface area contributed by atoms with Gasteiger partial charge in [-0.25, -0.2) is 4.68 Å². The molecule has 4 rings (SSSR count). The Bertz CT molecular complexity index is 1130. The van der Waals surface area contributed by atoms with Gasteiger partial charge in [0.25, 0.3) is 5.56 Å². The van der Waals surface area contributed by atoms with Crippen molar-refractivity contribution in [1.29, 1.82) is 0 Å². The maximum atomic E-state index is 12.8. The summed E-state index contributed by atoms with van der Waals surface area (Å²) in [5.74, 6) is 0.683. The van der Waals surface area contributed by atoms with Gasteiger partial charge in [0, 0.05) is 5.39 Å². The minimum atomic E-state index is -0.858. The molecule has 28 heavy (non-hydrogen) atoms. The lowest BCUT2D eigenvalue weighted by Gasteiger charge is -2.15. The minimum absolute atomic E-state index is 0.0634. The summed E-state index contributed by atoms with van der Waals surface area (Å²) in [5.41, 5.74) is 1.67. The van der Waals surface area contributed by atoms with Crippen molar-refractivity contribution in [2.24, 2.45) is 0 Å². The van der Waals surface area contributed by atoms with Crippen LogP contribution in [0.4, 0.5) is 0 Å². The third-order valence-corrected chi connectivity index (χ3v) is 5.35. The monoisotopic (exact) mass is 392 g/mol. The van der Waals surface area contributed by atoms with Crippen molar-refractivity contribution in [3.05, 3.63) is 82.0 Å². The molecule has 0 saturated carbocycles. The van der Waals surface area contributed by atoms with Crippen LogP contribution in [0.3, 0.4) is 0 Å². The lowest BCUT2D eigenvalue weighted by Crippen LogP contribution is -2.32. The Morgan fingerprint density at radius 3 is 2.54 bits per heavy atom. The first-order valence-corrected chi connectivity index (χ1v) is 9.91. The Hall–Kier alpha value is -2.96. The Morgan fingerprint density at radius 1 is 1.07 bits per heavy atom. The van der Waals surface area contributed by atoms with Crippen molar-refractivity contribution >= 4 is 22.1 Å². The number of aromatic nitrogens is 2. The van der Waals surface area contributed by atoms with Crippen LogP contribution in [0.1, 0.15) is 5.56 Å². The second-order valence-electron chi connectivity index (χ2n) is 6.64. The van der Waals surface area contributed by atoms with Crippen LogP contribution in [-0.2, 0) is 6.54 Å². The Morgan fingerprint density at radius 2 is 1.82 bits per heavy atom. The summed E-state index contributed by atoms with van der Waals surface area (Å²) in [6.45, 7) is 2.15. The third kappa shape index (κ3) is 3.83. The number of fused-ring (bicyclic) bond motifs is 1. The maximum absolute atomic E-state index is 12.8. The molecular weight excluding hydrogens is 372 g/mol. The fourth-order valence-corrected chi connectivity index (χ4v) is 3.76. The predicted molar refractivity (Wildman–Crippen MR) is 112 cm³/mol. The highest BCUT2D eigenvalue weighted by Crippen LogP contribution is 2.28. The van der Waals surface area contributed by atoms with Gasteiger partial charge in [0.1, 0.15) is 24.2 Å². The molecule has 1 atom stereocenters. The zero-order valence-corrected chi connectivity index (χ0v) is 16.2. The summed E-state index contributed by atoms with van der Waals surface area (Å²) in [5, 5.41) is 18.3. The smallest absolute Gasteiger partial charge is 0.274 e. The zero-order valence-electron chi connectivity index (χ0n) is 15.4. The van der Waals surface area contributed by atoms with Crippen LogP contribution < -0.4 is 10.3 Å². The average Bonchev–Trinajstić information content (AvgIpc) is 3.24. The molecular formula is C22H20N2O3S. The van der Waals surface area contributed by atoms with Gasteiger partial charge in [-0.3, -0.25) is 4.79 Å². The number of rotatable bonds is 6. The number of thiophene rings is 1. The van der Waals surface area contributed by atoms with Gasteiger partial charge in [-0.05, 0) is 36.6 Å². The quantitative estimate of drug-likeness (QED) is 0.541. The summed E-state index contributed by atoms with van der Waals surface area (Å²) < 4.78 is 6.97. The Balaban J connectivity index is 1.60. The molecule has 2 aromatic carbocycles. The van der Waals surface area contributed by atoms with E-state index < -0.39 is 6.10 Å². The van der Waals surface area contributed by atoms with Gasteiger partial charge in [0.2, 0.25) is 0 Å². The van der Waals surface area contributed by atoms with Crippen molar-refractivity contribution in [2.45, 2.75) is 19.6 Å². The predicted octanol–water partition coefficient (Wildman–Crippen LogP) is 3.87. The normalized spacial score (nSPS) is 12.2. The van der Waals surface area contributed by atoms with Gasteiger partial charge in [-0.2, -0.15) is 5.10 Å². The average molecular weight is 392 g/mol. The lowest BCUT2D eigenvalue weighted by molar-refractivity contribution is 0.0882. The molecule has 2 heterocycles. The molecule has 0 saturated heterocycles. The number of aliphatic hydroxyl groups is 1. The molecule has 4 aromatic rings. The first-order valence-electron chi connectivity index (χ1n) is 9.03. The molecule has 142 valence electrons. The standard InChI is InChI=1S/C22H20N2O3S/c1-15-8-10-17(11-9-15)27-14-16(25)13-24-22(26)19-6-3-2-5-18(19)21(23-24)20-7-4-12-28-20/h2-12,16,25H,13-14H2,1H3. The second kappa shape index (κ2) is 7.96. The summed E-state index contributed by atoms with van der Waals surface area (Å²) in [6, 6.07) is 19.0. The molecule has 0 aliphatic carbocycles. The minimum Gasteiger partial charge on any atom is -0.491 e. The van der Waals surface area contributed by atoms with Crippen molar-refractivity contribution in [2.75, 3.05) is 6.61 Å². The van der Waals surface area contributed by atoms with E-state index in [2.05, 4.69) is 5.10 Å². The van der Waals surface area contributed by atoms with Crippen molar-refractivity contribution in [3.8, 4) is 16.3 Å². The highest BCUT2D eigenvalue weighted by atomic mass is 32.1. The summed E-state index contributed by atoms with van der Waals surface area (Å²) in [4.78, 5) is 13.8. The summed E-state index contributed by atoms with van der Waals surface area (Å²) >= 11 is 1.57. The maximum Gasteiger partial charge on any atom is 0.274 e. The van der Waals surface area contributed by atoms with E-state index in [1.165, 1.54) is 4.68 Å². The van der Waals surface area contributed by atoms with Gasteiger partial charge < -0.3 is 9.84 Å². The molecule has 0 radical (unpaired) electrons. The highest BCUT2D eigenvalue weighted by molar-refractivity contribution is 7.13. The first-order chi connectivity index (χ1) is 13.6. The molecule has 0 fully saturated rings. The molecule has 0 amide bonds. The van der Waals surface area contributed by atoms with Crippen LogP contribution in [0.5, 0.6) is 5.75 Å². The van der Waals surface area contributed by atoms with E-state index in [1.807, 2.05) is 66.9 Å². The fourth-order valence-electron chi connectivity index (χ4n) is 3.03. The van der Waals surface area contributed by atoms with Gasteiger partial charge in [-0.1, -0.05) is 42.0 Å². The van der Waals surface area contributed by atoms with E-state index in [9.17, 15) is 9.90 Å². The van der Waals surface area contributed by atoms with E-state index in [1.54, 1.807) is 17.4 Å². The number of nitrogens with zero attached hydrogens (tertiary/aromatic N) is 2. The molecule has 0 aliphatic rings. The molecule has 1 N–H and O–H groups in total. The van der Waals surface area contributed by atoms with Crippen LogP contribution >= 0.6 is 11.3 Å². The Kier molecular flexibility index (Phi) is 5.23. The largest absolute Gasteiger partial charge is 0.491 e. The number of aryl methyl sites for hydroxylation is 1. The van der Waals surface area contributed by atoms with E-state index in [0.29, 0.717) is 11.1 Å². The highest BCUT2D eigenvalue weighted by Gasteiger charge is 2.15. The number of benzene rings is 2. The number of ether oxygens (including phenoxy) is 1. The summed E-state index contributed by atoms with van der Waals surface area (Å²) in [7, 11) is 0. The second-order valence-corrected chi connectivity index (χ2v) is 7.58. The topological polar surface area (TPSA) is 64.3 Å². The summed E-state index contributed by atoms with van der Waals surface area (Å²) in [6.07, 6.45) is -0.858. The van der Waals surface area contributed by atoms with Crippen molar-refractivity contribution in [1.82, 2.24) is 9.78 Å². The van der Waals surface area contributed by atoms with Crippen molar-refractivity contribution < 1.29 is 9.84 Å². The molecule has 2 aromatic heterocycles. The molecule has 6 heteroatoms. The molecule has 5 nitrogen and oxygen atoms in total.